The highest BCUT2D eigenvalue weighted by atomic mass is 35.5. The van der Waals surface area contributed by atoms with Gasteiger partial charge >= 0.3 is 0 Å². The maximum atomic E-state index is 11.2. The minimum Gasteiger partial charge on any atom is -0.393 e. The zero-order chi connectivity index (χ0) is 20.8. The number of nitrogens with two attached hydrogens (primary N) is 1. The summed E-state index contributed by atoms with van der Waals surface area (Å²) in [5.41, 5.74) is 7.20. The van der Waals surface area contributed by atoms with Crippen LogP contribution in [0.4, 0.5) is 28.8 Å². The number of piperidine rings is 1. The van der Waals surface area contributed by atoms with Crippen LogP contribution in [-0.4, -0.2) is 41.1 Å². The Balaban J connectivity index is 0.00000240. The van der Waals surface area contributed by atoms with E-state index in [1.807, 2.05) is 7.05 Å². The van der Waals surface area contributed by atoms with Crippen LogP contribution in [-0.2, 0) is 6.42 Å². The van der Waals surface area contributed by atoms with Crippen molar-refractivity contribution in [1.82, 2.24) is 15.3 Å². The number of nitro groups is 1. The number of hydrogen-bond donors (Lipinski definition) is 3. The third-order valence-electron chi connectivity index (χ3n) is 5.19. The maximum absolute atomic E-state index is 11.2. The molecule has 0 unspecified atom stereocenters. The summed E-state index contributed by atoms with van der Waals surface area (Å²) in [4.78, 5) is 22.3. The number of anilines is 4. The van der Waals surface area contributed by atoms with E-state index in [1.54, 1.807) is 6.07 Å². The first-order chi connectivity index (χ1) is 14.0. The van der Waals surface area contributed by atoms with E-state index >= 15 is 0 Å². The van der Waals surface area contributed by atoms with Crippen molar-refractivity contribution in [3.8, 4) is 0 Å². The number of hydrogen-bond acceptors (Lipinski definition) is 8. The third kappa shape index (κ3) is 7.09. The molecule has 2 heterocycles. The van der Waals surface area contributed by atoms with Gasteiger partial charge in [-0.2, -0.15) is 4.98 Å². The summed E-state index contributed by atoms with van der Waals surface area (Å²) in [6, 6.07) is 7.13. The number of benzene rings is 1. The molecule has 1 aromatic carbocycles. The van der Waals surface area contributed by atoms with Crippen molar-refractivity contribution >= 4 is 53.6 Å². The Hall–Kier alpha value is -2.36. The van der Waals surface area contributed by atoms with Gasteiger partial charge in [-0.05, 0) is 44.9 Å². The molecule has 0 amide bonds. The number of nitro benzene ring substituents is 1. The van der Waals surface area contributed by atoms with Crippen molar-refractivity contribution < 1.29 is 4.92 Å². The lowest BCUT2D eigenvalue weighted by atomic mass is 10.1. The molecule has 31 heavy (non-hydrogen) atoms. The van der Waals surface area contributed by atoms with E-state index in [4.69, 9.17) is 10.7 Å². The minimum atomic E-state index is -0.490. The third-order valence-corrected chi connectivity index (χ3v) is 5.19. The normalized spacial score (nSPS) is 15.5. The zero-order valence-electron chi connectivity index (χ0n) is 17.8. The molecule has 1 aliphatic rings. The van der Waals surface area contributed by atoms with Gasteiger partial charge in [0.25, 0.3) is 5.69 Å². The fourth-order valence-electron chi connectivity index (χ4n) is 3.52. The van der Waals surface area contributed by atoms with E-state index < -0.39 is 4.92 Å². The first-order valence-electron chi connectivity index (χ1n) is 10.1. The number of aromatic nitrogens is 2. The smallest absolute Gasteiger partial charge is 0.294 e. The molecule has 1 aliphatic heterocycles. The fraction of sp³-hybridized carbons (Fsp3) is 0.500. The topological polar surface area (TPSA) is 122 Å². The Labute approximate surface area is 195 Å². The SMILES string of the molecule is CCCCc1cc(N2CCC[C@@H](NC)C2)nc(Nc2ccc(N)c([N+](=O)[O-])c2)n1.Cl.Cl. The summed E-state index contributed by atoms with van der Waals surface area (Å²) in [5.74, 6) is 1.33. The molecule has 1 aromatic heterocycles. The highest BCUT2D eigenvalue weighted by molar-refractivity contribution is 5.85. The van der Waals surface area contributed by atoms with Crippen LogP contribution in [0.2, 0.25) is 0 Å². The average Bonchev–Trinajstić information content (AvgIpc) is 2.73. The van der Waals surface area contributed by atoms with Crippen molar-refractivity contribution in [2.45, 2.75) is 45.1 Å². The van der Waals surface area contributed by atoms with Crippen molar-refractivity contribution in [2.75, 3.05) is 36.1 Å². The first kappa shape index (κ1) is 26.7. The molecule has 172 valence electrons. The first-order valence-corrected chi connectivity index (χ1v) is 10.1. The molecule has 0 bridgehead atoms. The Morgan fingerprint density at radius 2 is 2.06 bits per heavy atom. The highest BCUT2D eigenvalue weighted by Gasteiger charge is 2.21. The number of likely N-dealkylation sites (N-methyl/N-ethyl adjacent to an activating group) is 1. The summed E-state index contributed by atoms with van der Waals surface area (Å²) < 4.78 is 0. The number of nitrogen functional groups attached to an aromatic ring is 1. The summed E-state index contributed by atoms with van der Waals surface area (Å²) in [6.45, 7) is 4.00. The van der Waals surface area contributed by atoms with Crippen molar-refractivity contribution in [3.05, 3.63) is 40.1 Å². The van der Waals surface area contributed by atoms with Gasteiger partial charge in [-0.15, -0.1) is 24.8 Å². The van der Waals surface area contributed by atoms with E-state index in [1.165, 1.54) is 12.1 Å². The van der Waals surface area contributed by atoms with Crippen LogP contribution in [0.5, 0.6) is 0 Å². The van der Waals surface area contributed by atoms with Crippen LogP contribution in [0.25, 0.3) is 0 Å². The Kier molecular flexibility index (Phi) is 10.7. The van der Waals surface area contributed by atoms with E-state index in [0.29, 0.717) is 17.7 Å². The van der Waals surface area contributed by atoms with Crippen LogP contribution < -0.4 is 21.3 Å². The second kappa shape index (κ2) is 12.5. The van der Waals surface area contributed by atoms with Crippen LogP contribution in [0.3, 0.4) is 0 Å². The molecule has 3 rings (SSSR count). The standard InChI is InChI=1S/C20H29N7O2.2ClH/c1-3-4-6-14-12-19(26-10-5-7-16(13-26)22-2)25-20(23-14)24-15-8-9-17(21)18(11-15)27(28)29;;/h8-9,11-12,16,22H,3-7,10,13,21H2,1-2H3,(H,23,24,25);2*1H/t16-;;/m1../s1. The molecule has 2 aromatic rings. The van der Waals surface area contributed by atoms with E-state index in [2.05, 4.69) is 33.5 Å². The summed E-state index contributed by atoms with van der Waals surface area (Å²) in [7, 11) is 1.99. The van der Waals surface area contributed by atoms with Gasteiger partial charge in [-0.3, -0.25) is 10.1 Å². The number of unbranched alkanes of at least 4 members (excludes halogenated alkanes) is 1. The molecular formula is C20H31Cl2N7O2. The number of nitrogens with zero attached hydrogens (tertiary/aromatic N) is 4. The molecule has 1 fully saturated rings. The van der Waals surface area contributed by atoms with Crippen LogP contribution in [0, 0.1) is 10.1 Å². The molecule has 0 radical (unpaired) electrons. The average molecular weight is 472 g/mol. The molecule has 4 N–H and O–H groups in total. The molecular weight excluding hydrogens is 441 g/mol. The molecule has 1 atom stereocenters. The van der Waals surface area contributed by atoms with E-state index in [-0.39, 0.29) is 36.2 Å². The lowest BCUT2D eigenvalue weighted by Crippen LogP contribution is -2.44. The Morgan fingerprint density at radius 3 is 2.74 bits per heavy atom. The van der Waals surface area contributed by atoms with Crippen molar-refractivity contribution in [1.29, 1.82) is 0 Å². The van der Waals surface area contributed by atoms with Gasteiger partial charge in [-0.25, -0.2) is 4.98 Å². The van der Waals surface area contributed by atoms with Gasteiger partial charge in [0.05, 0.1) is 4.92 Å². The molecule has 11 heteroatoms. The largest absolute Gasteiger partial charge is 0.393 e. The molecule has 0 saturated carbocycles. The zero-order valence-corrected chi connectivity index (χ0v) is 19.5. The van der Waals surface area contributed by atoms with Gasteiger partial charge in [-0.1, -0.05) is 13.3 Å². The monoisotopic (exact) mass is 471 g/mol. The Bertz CT molecular complexity index is 869. The second-order valence-electron chi connectivity index (χ2n) is 7.37. The van der Waals surface area contributed by atoms with Gasteiger partial charge < -0.3 is 21.3 Å². The quantitative estimate of drug-likeness (QED) is 0.298. The maximum Gasteiger partial charge on any atom is 0.294 e. The van der Waals surface area contributed by atoms with Crippen molar-refractivity contribution in [2.24, 2.45) is 0 Å². The predicted octanol–water partition coefficient (Wildman–Crippen LogP) is 4.09. The van der Waals surface area contributed by atoms with Gasteiger partial charge in [0.2, 0.25) is 5.95 Å². The molecule has 0 spiro atoms. The minimum absolute atomic E-state index is 0. The van der Waals surface area contributed by atoms with Crippen LogP contribution >= 0.6 is 24.8 Å². The number of rotatable bonds is 8. The summed E-state index contributed by atoms with van der Waals surface area (Å²) >= 11 is 0. The van der Waals surface area contributed by atoms with Crippen molar-refractivity contribution in [3.63, 3.8) is 0 Å². The van der Waals surface area contributed by atoms with Gasteiger partial charge in [0.1, 0.15) is 11.5 Å². The van der Waals surface area contributed by atoms with Crippen LogP contribution in [0.15, 0.2) is 24.3 Å². The molecule has 0 aliphatic carbocycles. The summed E-state index contributed by atoms with van der Waals surface area (Å²) in [6.07, 6.45) is 5.25. The lowest BCUT2D eigenvalue weighted by Gasteiger charge is -2.33. The second-order valence-corrected chi connectivity index (χ2v) is 7.37. The van der Waals surface area contributed by atoms with Crippen LogP contribution in [0.1, 0.15) is 38.3 Å². The van der Waals surface area contributed by atoms with E-state index in [0.717, 1.165) is 56.7 Å². The fourth-order valence-corrected chi connectivity index (χ4v) is 3.52. The number of nitrogens with one attached hydrogen (secondary N) is 2. The lowest BCUT2D eigenvalue weighted by molar-refractivity contribution is -0.383. The number of aryl methyl sites for hydroxylation is 1. The van der Waals surface area contributed by atoms with Gasteiger partial charge in [0.15, 0.2) is 0 Å². The number of halogens is 2. The van der Waals surface area contributed by atoms with Gasteiger partial charge in [0, 0.05) is 42.6 Å². The van der Waals surface area contributed by atoms with E-state index in [9.17, 15) is 10.1 Å². The Morgan fingerprint density at radius 1 is 1.29 bits per heavy atom. The summed E-state index contributed by atoms with van der Waals surface area (Å²) in [5, 5.41) is 17.6. The predicted molar refractivity (Wildman–Crippen MR) is 130 cm³/mol. The highest BCUT2D eigenvalue weighted by Crippen LogP contribution is 2.27. The molecule has 9 nitrogen and oxygen atoms in total. The molecule has 1 saturated heterocycles.